The van der Waals surface area contributed by atoms with E-state index < -0.39 is 12.5 Å². The second kappa shape index (κ2) is 5.02. The lowest BCUT2D eigenvalue weighted by atomic mass is 10.2. The molecule has 17 heavy (non-hydrogen) atoms. The smallest absolute Gasteiger partial charge is 0.260 e. The Balaban J connectivity index is 2.40. The summed E-state index contributed by atoms with van der Waals surface area (Å²) in [5, 5.41) is 3.99. The fourth-order valence-electron chi connectivity index (χ4n) is 1.72. The molecule has 92 valence electrons. The molecule has 2 nitrogen and oxygen atoms in total. The summed E-state index contributed by atoms with van der Waals surface area (Å²) in [6.45, 7) is 2.22. The average Bonchev–Trinajstić information content (AvgIpc) is 2.67. The molecule has 0 amide bonds. The summed E-state index contributed by atoms with van der Waals surface area (Å²) in [4.78, 5) is 0. The van der Waals surface area contributed by atoms with Crippen molar-refractivity contribution >= 4 is 22.6 Å². The van der Waals surface area contributed by atoms with Gasteiger partial charge >= 0.3 is 0 Å². The molecule has 2 rings (SSSR count). The molecule has 0 aliphatic heterocycles. The van der Waals surface area contributed by atoms with Crippen LogP contribution in [0, 0.1) is 0 Å². The van der Waals surface area contributed by atoms with Gasteiger partial charge in [-0.2, -0.15) is 0 Å². The SMILES string of the molecule is CCNC(c1cc2cc(Cl)ccc2o1)C(F)F. The van der Waals surface area contributed by atoms with E-state index in [0.717, 1.165) is 5.39 Å². The van der Waals surface area contributed by atoms with Crippen molar-refractivity contribution in [2.24, 2.45) is 0 Å². The summed E-state index contributed by atoms with van der Waals surface area (Å²) in [5.41, 5.74) is 0.563. The van der Waals surface area contributed by atoms with Crippen LogP contribution in [0.5, 0.6) is 0 Å². The van der Waals surface area contributed by atoms with Gasteiger partial charge in [0.15, 0.2) is 0 Å². The third kappa shape index (κ3) is 2.58. The van der Waals surface area contributed by atoms with E-state index in [1.54, 1.807) is 31.2 Å². The van der Waals surface area contributed by atoms with Crippen LogP contribution in [0.2, 0.25) is 5.02 Å². The zero-order chi connectivity index (χ0) is 12.4. The Morgan fingerprint density at radius 3 is 2.76 bits per heavy atom. The summed E-state index contributed by atoms with van der Waals surface area (Å²) < 4.78 is 31.1. The largest absolute Gasteiger partial charge is 0.459 e. The van der Waals surface area contributed by atoms with Gasteiger partial charge in [-0.25, -0.2) is 8.78 Å². The number of nitrogens with one attached hydrogen (secondary N) is 1. The molecule has 1 aromatic carbocycles. The van der Waals surface area contributed by atoms with Crippen LogP contribution in [0.15, 0.2) is 28.7 Å². The van der Waals surface area contributed by atoms with Gasteiger partial charge in [0.05, 0.1) is 0 Å². The first-order chi connectivity index (χ1) is 8.11. The fourth-order valence-corrected chi connectivity index (χ4v) is 1.90. The van der Waals surface area contributed by atoms with Gasteiger partial charge in [0.25, 0.3) is 6.43 Å². The van der Waals surface area contributed by atoms with Crippen molar-refractivity contribution in [1.29, 1.82) is 0 Å². The van der Waals surface area contributed by atoms with Crippen LogP contribution < -0.4 is 5.32 Å². The van der Waals surface area contributed by atoms with E-state index in [1.165, 1.54) is 0 Å². The number of hydrogen-bond acceptors (Lipinski definition) is 2. The van der Waals surface area contributed by atoms with Gasteiger partial charge in [-0.05, 0) is 30.8 Å². The van der Waals surface area contributed by atoms with E-state index in [1.807, 2.05) is 0 Å². The number of alkyl halides is 2. The number of furan rings is 1. The Bertz CT molecular complexity index is 512. The quantitative estimate of drug-likeness (QED) is 0.898. The van der Waals surface area contributed by atoms with Gasteiger partial charge in [-0.3, -0.25) is 0 Å². The van der Waals surface area contributed by atoms with Crippen molar-refractivity contribution < 1.29 is 13.2 Å². The van der Waals surface area contributed by atoms with Crippen LogP contribution in [-0.2, 0) is 0 Å². The number of halogens is 3. The van der Waals surface area contributed by atoms with Crippen molar-refractivity contribution in [2.45, 2.75) is 19.4 Å². The topological polar surface area (TPSA) is 25.2 Å². The Kier molecular flexibility index (Phi) is 3.64. The molecule has 1 N–H and O–H groups in total. The van der Waals surface area contributed by atoms with Crippen LogP contribution in [-0.4, -0.2) is 13.0 Å². The van der Waals surface area contributed by atoms with Gasteiger partial charge in [-0.1, -0.05) is 18.5 Å². The third-order valence-corrected chi connectivity index (χ3v) is 2.72. The number of benzene rings is 1. The Morgan fingerprint density at radius 1 is 1.35 bits per heavy atom. The zero-order valence-electron chi connectivity index (χ0n) is 9.21. The standard InChI is InChI=1S/C12H12ClF2NO/c1-2-16-11(12(14)15)10-6-7-5-8(13)3-4-9(7)17-10/h3-6,11-12,16H,2H2,1H3. The number of hydrogen-bond donors (Lipinski definition) is 1. The van der Waals surface area contributed by atoms with Gasteiger partial charge in [-0.15, -0.1) is 0 Å². The van der Waals surface area contributed by atoms with Crippen LogP contribution in [0.1, 0.15) is 18.7 Å². The molecule has 1 heterocycles. The van der Waals surface area contributed by atoms with Crippen LogP contribution in [0.25, 0.3) is 11.0 Å². The summed E-state index contributed by atoms with van der Waals surface area (Å²) in [5.74, 6) is 0.235. The Morgan fingerprint density at radius 2 is 2.12 bits per heavy atom. The third-order valence-electron chi connectivity index (χ3n) is 2.48. The molecule has 0 saturated carbocycles. The van der Waals surface area contributed by atoms with E-state index in [-0.39, 0.29) is 5.76 Å². The van der Waals surface area contributed by atoms with E-state index in [0.29, 0.717) is 17.2 Å². The van der Waals surface area contributed by atoms with Crippen LogP contribution in [0.4, 0.5) is 8.78 Å². The first-order valence-corrected chi connectivity index (χ1v) is 5.70. The zero-order valence-corrected chi connectivity index (χ0v) is 9.97. The monoisotopic (exact) mass is 259 g/mol. The van der Waals surface area contributed by atoms with E-state index >= 15 is 0 Å². The maximum atomic E-state index is 12.8. The summed E-state index contributed by atoms with van der Waals surface area (Å²) in [7, 11) is 0. The average molecular weight is 260 g/mol. The van der Waals surface area contributed by atoms with Gasteiger partial charge < -0.3 is 9.73 Å². The van der Waals surface area contributed by atoms with Gasteiger partial charge in [0.1, 0.15) is 17.4 Å². The van der Waals surface area contributed by atoms with Gasteiger partial charge in [0, 0.05) is 10.4 Å². The maximum absolute atomic E-state index is 12.8. The molecule has 1 unspecified atom stereocenters. The minimum atomic E-state index is -2.51. The highest BCUT2D eigenvalue weighted by Crippen LogP contribution is 2.29. The highest BCUT2D eigenvalue weighted by Gasteiger charge is 2.24. The molecule has 5 heteroatoms. The van der Waals surface area contributed by atoms with Crippen molar-refractivity contribution in [3.05, 3.63) is 35.0 Å². The normalized spacial score (nSPS) is 13.5. The molecule has 0 aliphatic carbocycles. The molecule has 2 aromatic rings. The predicted molar refractivity (Wildman–Crippen MR) is 63.6 cm³/mol. The highest BCUT2D eigenvalue weighted by molar-refractivity contribution is 6.31. The molecule has 0 bridgehead atoms. The lowest BCUT2D eigenvalue weighted by molar-refractivity contribution is 0.0897. The molecule has 1 atom stereocenters. The predicted octanol–water partition coefficient (Wildman–Crippen LogP) is 4.00. The molecule has 0 aliphatic rings. The molecule has 0 saturated heterocycles. The molecular weight excluding hydrogens is 248 g/mol. The molecule has 1 aromatic heterocycles. The van der Waals surface area contributed by atoms with Crippen molar-refractivity contribution in [3.8, 4) is 0 Å². The first kappa shape index (κ1) is 12.3. The van der Waals surface area contributed by atoms with Crippen molar-refractivity contribution in [1.82, 2.24) is 5.32 Å². The van der Waals surface area contributed by atoms with Gasteiger partial charge in [0.2, 0.25) is 0 Å². The van der Waals surface area contributed by atoms with E-state index in [9.17, 15) is 8.78 Å². The van der Waals surface area contributed by atoms with E-state index in [2.05, 4.69) is 5.32 Å². The van der Waals surface area contributed by atoms with Crippen molar-refractivity contribution in [2.75, 3.05) is 6.54 Å². The first-order valence-electron chi connectivity index (χ1n) is 5.32. The van der Waals surface area contributed by atoms with Crippen LogP contribution in [0.3, 0.4) is 0 Å². The summed E-state index contributed by atoms with van der Waals surface area (Å²) >= 11 is 5.83. The molecule has 0 fully saturated rings. The fraction of sp³-hybridized carbons (Fsp3) is 0.333. The molecule has 0 radical (unpaired) electrons. The Hall–Kier alpha value is -1.13. The summed E-state index contributed by atoms with van der Waals surface area (Å²) in [6, 6.07) is 5.56. The molecular formula is C12H12ClF2NO. The Labute approximate surface area is 103 Å². The summed E-state index contributed by atoms with van der Waals surface area (Å²) in [6.07, 6.45) is -2.51. The molecule has 0 spiro atoms. The van der Waals surface area contributed by atoms with Crippen molar-refractivity contribution in [3.63, 3.8) is 0 Å². The number of rotatable bonds is 4. The minimum Gasteiger partial charge on any atom is -0.459 e. The lowest BCUT2D eigenvalue weighted by Crippen LogP contribution is -2.26. The lowest BCUT2D eigenvalue weighted by Gasteiger charge is -2.13. The van der Waals surface area contributed by atoms with E-state index in [4.69, 9.17) is 16.0 Å². The maximum Gasteiger partial charge on any atom is 0.260 e. The minimum absolute atomic E-state index is 0.235. The van der Waals surface area contributed by atoms with Crippen LogP contribution >= 0.6 is 11.6 Å². The number of fused-ring (bicyclic) bond motifs is 1. The highest BCUT2D eigenvalue weighted by atomic mass is 35.5. The second-order valence-electron chi connectivity index (χ2n) is 3.70. The second-order valence-corrected chi connectivity index (χ2v) is 4.14.